The van der Waals surface area contributed by atoms with Crippen LogP contribution in [0.3, 0.4) is 0 Å². The number of benzene rings is 2. The summed E-state index contributed by atoms with van der Waals surface area (Å²) in [6, 6.07) is 11.3. The molecule has 51 heavy (non-hydrogen) atoms. The number of nitrogens with one attached hydrogen (secondary N) is 3. The molecule has 0 heterocycles. The molecule has 0 aliphatic carbocycles. The van der Waals surface area contributed by atoms with E-state index in [-0.39, 0.29) is 25.2 Å². The van der Waals surface area contributed by atoms with Crippen LogP contribution in [0.4, 0.5) is 16.2 Å². The van der Waals surface area contributed by atoms with Crippen molar-refractivity contribution >= 4 is 35.3 Å². The second-order valence-corrected chi connectivity index (χ2v) is 10.5. The summed E-state index contributed by atoms with van der Waals surface area (Å²) in [5.74, 6) is -2.13. The molecular weight excluding hydrogens is 670 g/mol. The maximum Gasteiger partial charge on any atom is 0.411 e. The number of methoxy groups -OCH3 is 1. The van der Waals surface area contributed by atoms with Gasteiger partial charge >= 0.3 is 12.1 Å². The summed E-state index contributed by atoms with van der Waals surface area (Å²) in [6.45, 7) is 9.23. The number of hydrogen-bond acceptors (Lipinski definition) is 12. The van der Waals surface area contributed by atoms with Crippen LogP contribution in [0, 0.1) is 0 Å². The molecule has 16 nitrogen and oxygen atoms in total. The van der Waals surface area contributed by atoms with Crippen LogP contribution in [0.5, 0.6) is 0 Å². The molecule has 0 aliphatic heterocycles. The van der Waals surface area contributed by atoms with Crippen LogP contribution >= 0.6 is 0 Å². The molecule has 1 atom stereocenters. The number of aromatic carboxylic acids is 1. The zero-order chi connectivity index (χ0) is 36.9. The lowest BCUT2D eigenvalue weighted by atomic mass is 10.0. The molecule has 0 fully saturated rings. The van der Waals surface area contributed by atoms with Crippen molar-refractivity contribution in [3.05, 3.63) is 72.3 Å². The molecule has 0 unspecified atom stereocenters. The number of hydrogen-bond donors (Lipinski definition) is 4. The van der Waals surface area contributed by atoms with E-state index in [1.54, 1.807) is 31.4 Å². The SMILES string of the molecule is C=CC(=O)N[C@@H](Cc1ccc(NC(=O)OCCOCCOCCOCCOCCOCCOCCOC)cc1)C(=O)Nc1ccc(C(=O)O)cc1. The Kier molecular flexibility index (Phi) is 22.9. The molecule has 4 N–H and O–H groups in total. The molecule has 0 aliphatic rings. The van der Waals surface area contributed by atoms with Crippen LogP contribution in [0.15, 0.2) is 61.2 Å². The van der Waals surface area contributed by atoms with Crippen molar-refractivity contribution in [2.75, 3.05) is 110 Å². The predicted octanol–water partition coefficient (Wildman–Crippen LogP) is 2.53. The van der Waals surface area contributed by atoms with Crippen molar-refractivity contribution in [1.82, 2.24) is 5.32 Å². The number of carboxylic acid groups (broad SMARTS) is 1. The second kappa shape index (κ2) is 27.3. The minimum absolute atomic E-state index is 0.0407. The smallest absolute Gasteiger partial charge is 0.411 e. The number of anilines is 2. The average Bonchev–Trinajstić information content (AvgIpc) is 3.12. The molecule has 0 radical (unpaired) electrons. The first kappa shape index (κ1) is 42.7. The third-order valence-electron chi connectivity index (χ3n) is 6.61. The lowest BCUT2D eigenvalue weighted by Gasteiger charge is -2.18. The van der Waals surface area contributed by atoms with Crippen molar-refractivity contribution in [3.63, 3.8) is 0 Å². The molecule has 16 heteroatoms. The minimum Gasteiger partial charge on any atom is -0.478 e. The average molecular weight is 720 g/mol. The standard InChI is InChI=1S/C35H49N3O13/c1-3-32(39)38-31(33(40)36-29-10-6-28(7-11-29)34(41)42)26-27-4-8-30(9-5-27)37-35(43)51-25-24-50-23-22-49-21-20-48-19-18-47-17-16-46-15-14-45-13-12-44-2/h3-11,31H,1,12-26H2,2H3,(H,36,40)(H,37,43)(H,38,39)(H,41,42)/t31-/m0/s1. The zero-order valence-corrected chi connectivity index (χ0v) is 28.9. The monoisotopic (exact) mass is 719 g/mol. The second-order valence-electron chi connectivity index (χ2n) is 10.5. The van der Waals surface area contributed by atoms with Gasteiger partial charge in [-0.3, -0.25) is 14.9 Å². The van der Waals surface area contributed by atoms with Gasteiger partial charge in [-0.1, -0.05) is 18.7 Å². The van der Waals surface area contributed by atoms with Gasteiger partial charge in [0.05, 0.1) is 91.5 Å². The summed E-state index contributed by atoms with van der Waals surface area (Å²) >= 11 is 0. The Morgan fingerprint density at radius 2 is 1.08 bits per heavy atom. The molecule has 2 rings (SSSR count). The fourth-order valence-electron chi connectivity index (χ4n) is 4.02. The highest BCUT2D eigenvalue weighted by Gasteiger charge is 2.21. The first-order valence-corrected chi connectivity index (χ1v) is 16.4. The third-order valence-corrected chi connectivity index (χ3v) is 6.61. The van der Waals surface area contributed by atoms with E-state index in [1.165, 1.54) is 24.3 Å². The van der Waals surface area contributed by atoms with E-state index in [9.17, 15) is 19.2 Å². The normalized spacial score (nSPS) is 11.4. The summed E-state index contributed by atoms with van der Waals surface area (Å²) < 4.78 is 42.4. The molecule has 0 aromatic heterocycles. The molecule has 2 aromatic rings. The van der Waals surface area contributed by atoms with Gasteiger partial charge in [0.2, 0.25) is 11.8 Å². The van der Waals surface area contributed by atoms with Crippen molar-refractivity contribution < 1.29 is 62.2 Å². The Morgan fingerprint density at radius 1 is 0.647 bits per heavy atom. The van der Waals surface area contributed by atoms with E-state index < -0.39 is 29.9 Å². The van der Waals surface area contributed by atoms with Crippen LogP contribution in [0.1, 0.15) is 15.9 Å². The zero-order valence-electron chi connectivity index (χ0n) is 28.9. The van der Waals surface area contributed by atoms with Crippen molar-refractivity contribution in [1.29, 1.82) is 0 Å². The summed E-state index contributed by atoms with van der Waals surface area (Å²) in [5, 5.41) is 16.9. The molecule has 0 saturated heterocycles. The van der Waals surface area contributed by atoms with Crippen LogP contribution in [-0.4, -0.2) is 135 Å². The Bertz CT molecular complexity index is 1290. The highest BCUT2D eigenvalue weighted by Crippen LogP contribution is 2.14. The van der Waals surface area contributed by atoms with Gasteiger partial charge in [-0.05, 0) is 48.0 Å². The van der Waals surface area contributed by atoms with E-state index >= 15 is 0 Å². The van der Waals surface area contributed by atoms with Crippen LogP contribution < -0.4 is 16.0 Å². The maximum atomic E-state index is 12.9. The topological polar surface area (TPSA) is 198 Å². The Morgan fingerprint density at radius 3 is 1.53 bits per heavy atom. The van der Waals surface area contributed by atoms with Gasteiger partial charge in [0.15, 0.2) is 0 Å². The van der Waals surface area contributed by atoms with Gasteiger partial charge in [0, 0.05) is 24.9 Å². The maximum absolute atomic E-state index is 12.9. The fourth-order valence-corrected chi connectivity index (χ4v) is 4.02. The number of rotatable bonds is 29. The van der Waals surface area contributed by atoms with E-state index in [2.05, 4.69) is 22.5 Å². The summed E-state index contributed by atoms with van der Waals surface area (Å²) in [5.41, 5.74) is 1.60. The van der Waals surface area contributed by atoms with Crippen LogP contribution in [0.25, 0.3) is 0 Å². The summed E-state index contributed by atoms with van der Waals surface area (Å²) in [6.07, 6.45) is 0.529. The Balaban J connectivity index is 1.52. The molecule has 0 spiro atoms. The largest absolute Gasteiger partial charge is 0.478 e. The molecule has 2 aromatic carbocycles. The lowest BCUT2D eigenvalue weighted by molar-refractivity contribution is -0.123. The molecule has 0 saturated carbocycles. The predicted molar refractivity (Wildman–Crippen MR) is 186 cm³/mol. The number of ether oxygens (including phenoxy) is 8. The van der Waals surface area contributed by atoms with Crippen molar-refractivity contribution in [2.45, 2.75) is 12.5 Å². The number of carbonyl (C=O) groups is 4. The first-order chi connectivity index (χ1) is 24.8. The lowest BCUT2D eigenvalue weighted by Crippen LogP contribution is -2.44. The van der Waals surface area contributed by atoms with Gasteiger partial charge in [-0.25, -0.2) is 9.59 Å². The minimum atomic E-state index is -1.09. The van der Waals surface area contributed by atoms with Gasteiger partial charge in [0.25, 0.3) is 0 Å². The van der Waals surface area contributed by atoms with E-state index in [0.29, 0.717) is 96.2 Å². The van der Waals surface area contributed by atoms with E-state index in [1.807, 2.05) is 0 Å². The molecule has 282 valence electrons. The first-order valence-electron chi connectivity index (χ1n) is 16.4. The molecule has 3 amide bonds. The highest BCUT2D eigenvalue weighted by atomic mass is 16.6. The van der Waals surface area contributed by atoms with Crippen molar-refractivity contribution in [3.8, 4) is 0 Å². The Hall–Kier alpha value is -4.42. The van der Waals surface area contributed by atoms with Crippen molar-refractivity contribution in [2.24, 2.45) is 0 Å². The van der Waals surface area contributed by atoms with E-state index in [4.69, 9.17) is 43.0 Å². The van der Waals surface area contributed by atoms with Gasteiger partial charge < -0.3 is 53.6 Å². The van der Waals surface area contributed by atoms with E-state index in [0.717, 1.165) is 6.08 Å². The molecule has 0 bridgehead atoms. The van der Waals surface area contributed by atoms with Gasteiger partial charge in [-0.15, -0.1) is 0 Å². The number of amides is 3. The highest BCUT2D eigenvalue weighted by molar-refractivity contribution is 5.99. The fraction of sp³-hybridized carbons (Fsp3) is 0.486. The third kappa shape index (κ3) is 20.8. The summed E-state index contributed by atoms with van der Waals surface area (Å²) in [4.78, 5) is 48.1. The summed E-state index contributed by atoms with van der Waals surface area (Å²) in [7, 11) is 1.63. The van der Waals surface area contributed by atoms with Gasteiger partial charge in [0.1, 0.15) is 12.6 Å². The van der Waals surface area contributed by atoms with Crippen LogP contribution in [-0.2, 0) is 53.9 Å². The number of carbonyl (C=O) groups excluding carboxylic acids is 3. The number of carboxylic acids is 1. The molecular formula is C35H49N3O13. The quantitative estimate of drug-likeness (QED) is 0.0708. The van der Waals surface area contributed by atoms with Crippen LogP contribution in [0.2, 0.25) is 0 Å². The van der Waals surface area contributed by atoms with Gasteiger partial charge in [-0.2, -0.15) is 0 Å². The Labute approximate surface area is 297 Å².